The van der Waals surface area contributed by atoms with Crippen LogP contribution in [0.15, 0.2) is 30.4 Å². The molecule has 5 aliphatic rings. The number of piperidine rings is 1. The second-order valence-electron chi connectivity index (χ2n) is 20.2. The Morgan fingerprint density at radius 3 is 2.46 bits per heavy atom. The lowest BCUT2D eigenvalue weighted by Gasteiger charge is -2.37. The standard InChI is InChI=1S/C48H67F3N6O9S/c1-7-56-23-18-32(19-24-56)28-64-33-15-16-36-35(25-33)34-17-20-47(66-39(34)40(52-36)48(49,50)51)26-38-41(58)54-46(6,43(60)55-67(62,63)45(5)21-22-45)31(4)13-11-9-8-10-12-14-37(42(59)57(38)29-47)53-44(61)65-27-30(2)3/h11,13,15-16,25,30-32,37-38H,7-10,12,14,17-24,26-29H2,1-6H3,(H,53,61)(H,54,58)(H,55,60)/b13-11-/t31-,37-,38-,46+,47+/m0/s1. The number of amides is 4. The first-order valence-corrected chi connectivity index (χ1v) is 25.4. The second-order valence-corrected chi connectivity index (χ2v) is 22.4. The van der Waals surface area contributed by atoms with E-state index in [1.165, 1.54) is 24.8 Å². The third-order valence-corrected chi connectivity index (χ3v) is 16.7. The van der Waals surface area contributed by atoms with Crippen LogP contribution in [0.1, 0.15) is 123 Å². The highest BCUT2D eigenvalue weighted by atomic mass is 32.2. The van der Waals surface area contributed by atoms with E-state index in [4.69, 9.17) is 14.2 Å². The molecular formula is C48H67F3N6O9S. The SMILES string of the molecule is CCN1CCC(COc2ccc3nc(C(F)(F)F)c4c(c3c2)CC[C@]2(C[C@H]3C(=O)N[C@@](C)(C(=O)NS(=O)(=O)C5(C)CC5)[C@@H](C)/C=C\CCCCC[C@H](NC(=O)OCC(C)C)C(=O)N3C2)O4)CC1. The zero-order chi connectivity index (χ0) is 48.5. The Morgan fingerprint density at radius 2 is 1.79 bits per heavy atom. The molecule has 3 fully saturated rings. The Hall–Kier alpha value is -4.65. The van der Waals surface area contributed by atoms with Gasteiger partial charge in [-0.05, 0) is 121 Å². The summed E-state index contributed by atoms with van der Waals surface area (Å²) in [4.78, 5) is 64.8. The van der Waals surface area contributed by atoms with Crippen LogP contribution in [-0.4, -0.2) is 114 Å². The fraction of sp³-hybridized carbons (Fsp3) is 0.688. The maximum Gasteiger partial charge on any atom is 0.437 e. The van der Waals surface area contributed by atoms with Crippen molar-refractivity contribution in [3.05, 3.63) is 41.6 Å². The number of allylic oxidation sites excluding steroid dienone is 1. The topological polar surface area (TPSA) is 186 Å². The minimum atomic E-state index is -4.95. The van der Waals surface area contributed by atoms with E-state index in [9.17, 15) is 27.6 Å². The van der Waals surface area contributed by atoms with Crippen LogP contribution < -0.4 is 24.8 Å². The van der Waals surface area contributed by atoms with E-state index in [0.717, 1.165) is 32.5 Å². The number of benzene rings is 1. The van der Waals surface area contributed by atoms with Crippen LogP contribution >= 0.6 is 0 Å². The number of likely N-dealkylation sites (tertiary alicyclic amines) is 1. The van der Waals surface area contributed by atoms with E-state index in [-0.39, 0.29) is 55.8 Å². The van der Waals surface area contributed by atoms with Crippen molar-refractivity contribution in [2.75, 3.05) is 39.4 Å². The number of rotatable bonds is 10. The molecule has 1 aliphatic carbocycles. The first kappa shape index (κ1) is 50.2. The van der Waals surface area contributed by atoms with Gasteiger partial charge in [0.05, 0.1) is 30.0 Å². The molecule has 5 atom stereocenters. The predicted molar refractivity (Wildman–Crippen MR) is 245 cm³/mol. The van der Waals surface area contributed by atoms with Gasteiger partial charge in [-0.1, -0.05) is 52.7 Å². The summed E-state index contributed by atoms with van der Waals surface area (Å²) >= 11 is 0. The van der Waals surface area contributed by atoms with Gasteiger partial charge in [0.15, 0.2) is 11.4 Å². The van der Waals surface area contributed by atoms with Gasteiger partial charge in [0, 0.05) is 23.3 Å². The van der Waals surface area contributed by atoms with Crippen LogP contribution in [0.5, 0.6) is 11.5 Å². The number of carbonyl (C=O) groups is 4. The molecule has 4 amide bonds. The fourth-order valence-corrected chi connectivity index (χ4v) is 10.9. The number of fused-ring (bicyclic) bond motifs is 4. The summed E-state index contributed by atoms with van der Waals surface area (Å²) in [6.07, 6.45) is 2.92. The molecule has 67 heavy (non-hydrogen) atoms. The van der Waals surface area contributed by atoms with Gasteiger partial charge in [0.25, 0.3) is 5.91 Å². The quantitative estimate of drug-likeness (QED) is 0.213. The number of nitrogens with zero attached hydrogens (tertiary/aromatic N) is 3. The van der Waals surface area contributed by atoms with Gasteiger partial charge < -0.3 is 34.6 Å². The lowest BCUT2D eigenvalue weighted by molar-refractivity contribution is -0.144. The molecule has 5 heterocycles. The summed E-state index contributed by atoms with van der Waals surface area (Å²) in [6.45, 7) is 13.6. The fourth-order valence-electron chi connectivity index (χ4n) is 9.58. The molecule has 1 aromatic carbocycles. The van der Waals surface area contributed by atoms with Crippen molar-refractivity contribution in [2.24, 2.45) is 17.8 Å². The molecule has 0 radical (unpaired) electrons. The molecule has 3 N–H and O–H groups in total. The number of alkyl halides is 3. The number of aromatic nitrogens is 1. The highest BCUT2D eigenvalue weighted by Crippen LogP contribution is 2.49. The Morgan fingerprint density at radius 1 is 1.06 bits per heavy atom. The van der Waals surface area contributed by atoms with Gasteiger partial charge in [-0.3, -0.25) is 19.1 Å². The van der Waals surface area contributed by atoms with Crippen LogP contribution in [0, 0.1) is 17.8 Å². The summed E-state index contributed by atoms with van der Waals surface area (Å²) in [6, 6.07) is 2.21. The van der Waals surface area contributed by atoms with E-state index in [1.54, 1.807) is 25.1 Å². The van der Waals surface area contributed by atoms with Gasteiger partial charge in [0.2, 0.25) is 21.8 Å². The van der Waals surface area contributed by atoms with E-state index in [0.29, 0.717) is 62.2 Å². The van der Waals surface area contributed by atoms with E-state index in [2.05, 4.69) is 32.2 Å². The van der Waals surface area contributed by atoms with Gasteiger partial charge in [-0.2, -0.15) is 13.2 Å². The molecule has 15 nitrogen and oxygen atoms in total. The monoisotopic (exact) mass is 960 g/mol. The number of carbonyl (C=O) groups excluding carboxylic acids is 4. The van der Waals surface area contributed by atoms with E-state index in [1.807, 2.05) is 19.9 Å². The van der Waals surface area contributed by atoms with Gasteiger partial charge in [0.1, 0.15) is 29.0 Å². The normalized spacial score (nSPS) is 28.1. The van der Waals surface area contributed by atoms with Crippen LogP contribution in [0.2, 0.25) is 0 Å². The van der Waals surface area contributed by atoms with Crippen LogP contribution in [0.25, 0.3) is 10.9 Å². The average molecular weight is 961 g/mol. The zero-order valence-corrected chi connectivity index (χ0v) is 40.4. The van der Waals surface area contributed by atoms with Gasteiger partial charge >= 0.3 is 12.3 Å². The number of ether oxygens (including phenoxy) is 3. The van der Waals surface area contributed by atoms with Crippen molar-refractivity contribution in [3.63, 3.8) is 0 Å². The summed E-state index contributed by atoms with van der Waals surface area (Å²) in [7, 11) is -4.15. The number of sulfonamides is 1. The number of hydrogen-bond acceptors (Lipinski definition) is 11. The first-order chi connectivity index (χ1) is 31.6. The van der Waals surface area contributed by atoms with Crippen molar-refractivity contribution in [2.45, 2.75) is 153 Å². The molecule has 2 aromatic rings. The first-order valence-electron chi connectivity index (χ1n) is 23.9. The third kappa shape index (κ3) is 11.1. The molecule has 7 rings (SSSR count). The van der Waals surface area contributed by atoms with Crippen LogP contribution in [0.4, 0.5) is 18.0 Å². The van der Waals surface area contributed by atoms with Gasteiger partial charge in [-0.15, -0.1) is 0 Å². The Bertz CT molecular complexity index is 2330. The average Bonchev–Trinajstić information content (AvgIpc) is 3.95. The molecular weight excluding hydrogens is 894 g/mol. The summed E-state index contributed by atoms with van der Waals surface area (Å²) in [5, 5.41) is 5.92. The molecule has 370 valence electrons. The summed E-state index contributed by atoms with van der Waals surface area (Å²) < 4.78 is 91.2. The van der Waals surface area contributed by atoms with Crippen molar-refractivity contribution in [3.8, 4) is 11.5 Å². The van der Waals surface area contributed by atoms with E-state index >= 15 is 13.2 Å². The molecule has 1 saturated carbocycles. The molecule has 19 heteroatoms. The van der Waals surface area contributed by atoms with Crippen LogP contribution in [0.3, 0.4) is 0 Å². The van der Waals surface area contributed by atoms with Crippen molar-refractivity contribution >= 4 is 44.7 Å². The van der Waals surface area contributed by atoms with Gasteiger partial charge in [-0.25, -0.2) is 18.2 Å². The molecule has 2 saturated heterocycles. The lowest BCUT2D eigenvalue weighted by atomic mass is 9.84. The number of hydrogen-bond donors (Lipinski definition) is 3. The highest BCUT2D eigenvalue weighted by molar-refractivity contribution is 7.91. The highest BCUT2D eigenvalue weighted by Gasteiger charge is 2.57. The molecule has 1 aromatic heterocycles. The second kappa shape index (κ2) is 19.8. The van der Waals surface area contributed by atoms with E-state index < -0.39 is 85.3 Å². The number of nitrogens with one attached hydrogen (secondary N) is 3. The number of aryl methyl sites for hydroxylation is 1. The molecule has 0 unspecified atom stereocenters. The van der Waals surface area contributed by atoms with Crippen molar-refractivity contribution in [1.29, 1.82) is 0 Å². The Labute approximate surface area is 391 Å². The number of alkyl carbamates (subject to hydrolysis) is 1. The van der Waals surface area contributed by atoms with Crippen LogP contribution in [-0.2, 0) is 41.7 Å². The lowest BCUT2D eigenvalue weighted by Crippen LogP contribution is -2.64. The maximum atomic E-state index is 15.1. The predicted octanol–water partition coefficient (Wildman–Crippen LogP) is 6.81. The third-order valence-electron chi connectivity index (χ3n) is 14.6. The Balaban J connectivity index is 1.24. The number of halogens is 3. The van der Waals surface area contributed by atoms with Crippen molar-refractivity contribution < 1.29 is 55.0 Å². The molecule has 0 bridgehead atoms. The van der Waals surface area contributed by atoms with Crippen molar-refractivity contribution in [1.82, 2.24) is 30.1 Å². The molecule has 4 aliphatic heterocycles. The summed E-state index contributed by atoms with van der Waals surface area (Å²) in [5.41, 5.74) is -4.29. The molecule has 1 spiro atoms. The maximum absolute atomic E-state index is 15.1. The summed E-state index contributed by atoms with van der Waals surface area (Å²) in [5.74, 6) is -2.95. The zero-order valence-electron chi connectivity index (χ0n) is 39.6. The minimum Gasteiger partial charge on any atom is -0.493 e. The minimum absolute atomic E-state index is 0.00235. The number of pyridine rings is 1. The largest absolute Gasteiger partial charge is 0.493 e. The Kier molecular flexibility index (Phi) is 14.8. The smallest absolute Gasteiger partial charge is 0.437 e.